The minimum atomic E-state index is -0.443. The molecule has 114 valence electrons. The number of hydrogen-bond acceptors (Lipinski definition) is 3. The summed E-state index contributed by atoms with van der Waals surface area (Å²) in [6.45, 7) is -0.168. The standard InChI is InChI=1S/C15H19IN2O3/c16-11-6-8-13(9-7-11)21-10-14(19)18-15(20)17-12-4-2-1-3-5-12/h6-9,12H,1-5,10H2,(H2,17,18,19,20). The first kappa shape index (κ1) is 16.1. The lowest BCUT2D eigenvalue weighted by Gasteiger charge is -2.22. The predicted molar refractivity (Wildman–Crippen MR) is 88.2 cm³/mol. The van der Waals surface area contributed by atoms with Crippen LogP contribution < -0.4 is 15.4 Å². The summed E-state index contributed by atoms with van der Waals surface area (Å²) in [6.07, 6.45) is 5.47. The molecule has 5 nitrogen and oxygen atoms in total. The lowest BCUT2D eigenvalue weighted by atomic mass is 9.96. The fraction of sp³-hybridized carbons (Fsp3) is 0.467. The first-order valence-corrected chi connectivity index (χ1v) is 8.20. The number of rotatable bonds is 4. The normalized spacial score (nSPS) is 15.3. The van der Waals surface area contributed by atoms with E-state index in [-0.39, 0.29) is 12.6 Å². The number of halogens is 1. The smallest absolute Gasteiger partial charge is 0.321 e. The number of amides is 3. The molecule has 0 aliphatic heterocycles. The van der Waals surface area contributed by atoms with E-state index < -0.39 is 11.9 Å². The van der Waals surface area contributed by atoms with E-state index in [0.717, 1.165) is 29.3 Å². The summed E-state index contributed by atoms with van der Waals surface area (Å²) in [6, 6.07) is 7.11. The fourth-order valence-corrected chi connectivity index (χ4v) is 2.67. The van der Waals surface area contributed by atoms with Crippen LogP contribution in [0.4, 0.5) is 4.79 Å². The number of urea groups is 1. The maximum absolute atomic E-state index is 11.7. The van der Waals surface area contributed by atoms with Crippen molar-refractivity contribution in [3.8, 4) is 5.75 Å². The Morgan fingerprint density at radius 2 is 1.81 bits per heavy atom. The summed E-state index contributed by atoms with van der Waals surface area (Å²) in [4.78, 5) is 23.3. The highest BCUT2D eigenvalue weighted by Gasteiger charge is 2.16. The molecule has 1 aromatic rings. The van der Waals surface area contributed by atoms with Gasteiger partial charge in [0.25, 0.3) is 5.91 Å². The van der Waals surface area contributed by atoms with Crippen LogP contribution in [0.25, 0.3) is 0 Å². The number of carbonyl (C=O) groups excluding carboxylic acids is 2. The largest absolute Gasteiger partial charge is 0.484 e. The van der Waals surface area contributed by atoms with Gasteiger partial charge in [0.2, 0.25) is 0 Å². The number of hydrogen-bond donors (Lipinski definition) is 2. The summed E-state index contributed by atoms with van der Waals surface area (Å²) >= 11 is 2.19. The molecule has 1 aliphatic carbocycles. The Kier molecular flexibility index (Phi) is 6.28. The van der Waals surface area contributed by atoms with Crippen LogP contribution in [0, 0.1) is 3.57 Å². The van der Waals surface area contributed by atoms with E-state index in [1.54, 1.807) is 12.1 Å². The van der Waals surface area contributed by atoms with Crippen LogP contribution in [0.5, 0.6) is 5.75 Å². The summed E-state index contributed by atoms with van der Waals surface area (Å²) in [5.74, 6) is 0.167. The minimum Gasteiger partial charge on any atom is -0.484 e. The zero-order valence-corrected chi connectivity index (χ0v) is 13.9. The Morgan fingerprint density at radius 3 is 2.48 bits per heavy atom. The SMILES string of the molecule is O=C(COc1ccc(I)cc1)NC(=O)NC1CCCCC1. The van der Waals surface area contributed by atoms with Crippen LogP contribution in [0.1, 0.15) is 32.1 Å². The number of benzene rings is 1. The highest BCUT2D eigenvalue weighted by Crippen LogP contribution is 2.17. The maximum atomic E-state index is 11.7. The van der Waals surface area contributed by atoms with Crippen molar-refractivity contribution in [1.82, 2.24) is 10.6 Å². The molecule has 0 bridgehead atoms. The molecule has 0 aromatic heterocycles. The molecule has 0 atom stereocenters. The topological polar surface area (TPSA) is 67.4 Å². The van der Waals surface area contributed by atoms with Gasteiger partial charge in [0.05, 0.1) is 0 Å². The molecule has 0 spiro atoms. The third-order valence-corrected chi connectivity index (χ3v) is 4.10. The van der Waals surface area contributed by atoms with Gasteiger partial charge in [-0.3, -0.25) is 10.1 Å². The van der Waals surface area contributed by atoms with Crippen molar-refractivity contribution >= 4 is 34.5 Å². The van der Waals surface area contributed by atoms with Crippen LogP contribution in [0.2, 0.25) is 0 Å². The molecule has 1 aromatic carbocycles. The van der Waals surface area contributed by atoms with Crippen LogP contribution in [-0.2, 0) is 4.79 Å². The maximum Gasteiger partial charge on any atom is 0.321 e. The second kappa shape index (κ2) is 8.21. The lowest BCUT2D eigenvalue weighted by molar-refractivity contribution is -0.122. The van der Waals surface area contributed by atoms with Crippen molar-refractivity contribution in [3.05, 3.63) is 27.8 Å². The summed E-state index contributed by atoms with van der Waals surface area (Å²) in [5.41, 5.74) is 0. The quantitative estimate of drug-likeness (QED) is 0.762. The van der Waals surface area contributed by atoms with Crippen molar-refractivity contribution in [2.24, 2.45) is 0 Å². The van der Waals surface area contributed by atoms with Crippen LogP contribution in [0.3, 0.4) is 0 Å². The van der Waals surface area contributed by atoms with Crippen LogP contribution in [0.15, 0.2) is 24.3 Å². The Bertz CT molecular complexity index is 484. The zero-order chi connectivity index (χ0) is 15.1. The van der Waals surface area contributed by atoms with Gasteiger partial charge >= 0.3 is 6.03 Å². The predicted octanol–water partition coefficient (Wildman–Crippen LogP) is 2.83. The van der Waals surface area contributed by atoms with Gasteiger partial charge in [-0.15, -0.1) is 0 Å². The van der Waals surface area contributed by atoms with Gasteiger partial charge in [-0.25, -0.2) is 4.79 Å². The molecule has 2 rings (SSSR count). The Balaban J connectivity index is 1.68. The second-order valence-electron chi connectivity index (χ2n) is 5.10. The number of ether oxygens (including phenoxy) is 1. The van der Waals surface area contributed by atoms with Crippen molar-refractivity contribution in [1.29, 1.82) is 0 Å². The molecule has 3 amide bonds. The highest BCUT2D eigenvalue weighted by molar-refractivity contribution is 14.1. The first-order chi connectivity index (χ1) is 10.1. The monoisotopic (exact) mass is 402 g/mol. The molecule has 0 unspecified atom stereocenters. The summed E-state index contributed by atoms with van der Waals surface area (Å²) < 4.78 is 6.41. The van der Waals surface area contributed by atoms with Gasteiger partial charge in [-0.05, 0) is 59.7 Å². The van der Waals surface area contributed by atoms with Crippen molar-refractivity contribution in [2.45, 2.75) is 38.1 Å². The Labute approximate surface area is 138 Å². The second-order valence-corrected chi connectivity index (χ2v) is 6.34. The van der Waals surface area contributed by atoms with Gasteiger partial charge in [0.15, 0.2) is 6.61 Å². The van der Waals surface area contributed by atoms with E-state index in [4.69, 9.17) is 4.74 Å². The third kappa shape index (κ3) is 5.91. The minimum absolute atomic E-state index is 0.168. The highest BCUT2D eigenvalue weighted by atomic mass is 127. The molecule has 1 aliphatic rings. The third-order valence-electron chi connectivity index (χ3n) is 3.38. The summed E-state index contributed by atoms with van der Waals surface area (Å²) in [5, 5.41) is 5.12. The molecule has 1 fully saturated rings. The van der Waals surface area contributed by atoms with E-state index in [1.807, 2.05) is 12.1 Å². The van der Waals surface area contributed by atoms with Gasteiger partial charge in [-0.2, -0.15) is 0 Å². The number of imide groups is 1. The molecule has 0 saturated heterocycles. The van der Waals surface area contributed by atoms with E-state index in [0.29, 0.717) is 5.75 Å². The van der Waals surface area contributed by atoms with E-state index >= 15 is 0 Å². The van der Waals surface area contributed by atoms with Gasteiger partial charge < -0.3 is 10.1 Å². The van der Waals surface area contributed by atoms with Crippen LogP contribution in [-0.4, -0.2) is 24.6 Å². The average Bonchev–Trinajstić information content (AvgIpc) is 2.47. The number of carbonyl (C=O) groups is 2. The Hall–Kier alpha value is -1.31. The van der Waals surface area contributed by atoms with Gasteiger partial charge in [0, 0.05) is 9.61 Å². The molecule has 0 radical (unpaired) electrons. The molecular weight excluding hydrogens is 383 g/mol. The van der Waals surface area contributed by atoms with Crippen molar-refractivity contribution in [3.63, 3.8) is 0 Å². The summed E-state index contributed by atoms with van der Waals surface area (Å²) in [7, 11) is 0. The van der Waals surface area contributed by atoms with Crippen molar-refractivity contribution in [2.75, 3.05) is 6.61 Å². The Morgan fingerprint density at radius 1 is 1.14 bits per heavy atom. The molecule has 6 heteroatoms. The molecular formula is C15H19IN2O3. The fourth-order valence-electron chi connectivity index (χ4n) is 2.31. The lowest BCUT2D eigenvalue weighted by Crippen LogP contribution is -2.46. The van der Waals surface area contributed by atoms with E-state index in [1.165, 1.54) is 6.42 Å². The van der Waals surface area contributed by atoms with Gasteiger partial charge in [-0.1, -0.05) is 19.3 Å². The zero-order valence-electron chi connectivity index (χ0n) is 11.7. The number of nitrogens with one attached hydrogen (secondary N) is 2. The van der Waals surface area contributed by atoms with Crippen molar-refractivity contribution < 1.29 is 14.3 Å². The van der Waals surface area contributed by atoms with Crippen LogP contribution >= 0.6 is 22.6 Å². The molecule has 21 heavy (non-hydrogen) atoms. The molecule has 0 heterocycles. The van der Waals surface area contributed by atoms with Gasteiger partial charge in [0.1, 0.15) is 5.75 Å². The molecule has 1 saturated carbocycles. The average molecular weight is 402 g/mol. The molecule has 2 N–H and O–H groups in total. The first-order valence-electron chi connectivity index (χ1n) is 7.12. The van der Waals surface area contributed by atoms with E-state index in [2.05, 4.69) is 33.2 Å². The van der Waals surface area contributed by atoms with E-state index in [9.17, 15) is 9.59 Å².